The summed E-state index contributed by atoms with van der Waals surface area (Å²) in [6.45, 7) is 5.82. The van der Waals surface area contributed by atoms with Gasteiger partial charge in [-0.3, -0.25) is 4.55 Å². The van der Waals surface area contributed by atoms with Gasteiger partial charge in [0.1, 0.15) is 0 Å². The Balaban J connectivity index is 3.95. The Morgan fingerprint density at radius 3 is 2.21 bits per heavy atom. The van der Waals surface area contributed by atoms with Crippen LogP contribution in [0.2, 0.25) is 6.04 Å². The Hall–Kier alpha value is -0.0331. The second-order valence-electron chi connectivity index (χ2n) is 4.97. The van der Waals surface area contributed by atoms with Gasteiger partial charge in [-0.25, -0.2) is 0 Å². The first-order chi connectivity index (χ1) is 8.53. The lowest BCUT2D eigenvalue weighted by atomic mass is 10.2. The topological polar surface area (TPSA) is 118 Å². The third-order valence-electron chi connectivity index (χ3n) is 2.77. The fourth-order valence-corrected chi connectivity index (χ4v) is 3.60. The van der Waals surface area contributed by atoms with Crippen molar-refractivity contribution in [3.63, 3.8) is 0 Å². The lowest BCUT2D eigenvalue weighted by Gasteiger charge is -2.25. The maximum Gasteiger partial charge on any atom is 0.493 e. The van der Waals surface area contributed by atoms with Crippen LogP contribution in [0.1, 0.15) is 26.7 Å². The van der Waals surface area contributed by atoms with Crippen LogP contribution in [0.15, 0.2) is 0 Å². The molecule has 19 heavy (non-hydrogen) atoms. The summed E-state index contributed by atoms with van der Waals surface area (Å²) in [5.41, 5.74) is 0. The minimum absolute atomic E-state index is 0.00544. The van der Waals surface area contributed by atoms with E-state index in [-0.39, 0.29) is 17.7 Å². The molecule has 116 valence electrons. The molecule has 0 radical (unpaired) electrons. The molecular formula is C10H25NO6SSi. The molecular weight excluding hydrogens is 290 g/mol. The minimum Gasteiger partial charge on any atom is -0.390 e. The summed E-state index contributed by atoms with van der Waals surface area (Å²) in [5.74, 6) is -0.284. The molecule has 1 unspecified atom stereocenters. The van der Waals surface area contributed by atoms with E-state index in [0.717, 1.165) is 6.54 Å². The molecule has 0 aliphatic rings. The van der Waals surface area contributed by atoms with Gasteiger partial charge in [-0.05, 0) is 31.8 Å². The zero-order valence-corrected chi connectivity index (χ0v) is 13.3. The van der Waals surface area contributed by atoms with E-state index in [0.29, 0.717) is 25.9 Å². The molecule has 0 fully saturated rings. The largest absolute Gasteiger partial charge is 0.493 e. The first kappa shape index (κ1) is 19.0. The Morgan fingerprint density at radius 2 is 1.79 bits per heavy atom. The van der Waals surface area contributed by atoms with Gasteiger partial charge in [0.05, 0.1) is 5.75 Å². The van der Waals surface area contributed by atoms with Crippen molar-refractivity contribution in [3.8, 4) is 0 Å². The molecule has 0 amide bonds. The molecule has 0 spiro atoms. The van der Waals surface area contributed by atoms with Crippen molar-refractivity contribution in [1.82, 2.24) is 4.90 Å². The zero-order chi connectivity index (χ0) is 15.1. The van der Waals surface area contributed by atoms with E-state index in [4.69, 9.17) is 18.9 Å². The van der Waals surface area contributed by atoms with Crippen molar-refractivity contribution in [3.05, 3.63) is 0 Å². The molecule has 0 rings (SSSR count). The van der Waals surface area contributed by atoms with Gasteiger partial charge >= 0.3 is 8.80 Å². The van der Waals surface area contributed by atoms with Crippen molar-refractivity contribution in [2.45, 2.75) is 32.7 Å². The zero-order valence-electron chi connectivity index (χ0n) is 11.5. The molecule has 0 aromatic heterocycles. The van der Waals surface area contributed by atoms with Crippen molar-refractivity contribution in [2.24, 2.45) is 5.92 Å². The van der Waals surface area contributed by atoms with E-state index in [1.54, 1.807) is 0 Å². The molecule has 9 heteroatoms. The smallest absolute Gasteiger partial charge is 0.390 e. The molecule has 4 N–H and O–H groups in total. The van der Waals surface area contributed by atoms with Crippen molar-refractivity contribution in [1.29, 1.82) is 0 Å². The van der Waals surface area contributed by atoms with Crippen molar-refractivity contribution < 1.29 is 27.4 Å². The predicted molar refractivity (Wildman–Crippen MR) is 74.1 cm³/mol. The van der Waals surface area contributed by atoms with E-state index in [9.17, 15) is 8.42 Å². The normalized spacial score (nSPS) is 14.9. The number of unbranched alkanes of at least 4 members (excludes halogenated alkanes) is 1. The Labute approximate surface area is 116 Å². The van der Waals surface area contributed by atoms with Crippen LogP contribution in [0.4, 0.5) is 0 Å². The standard InChI is InChI=1S/C10H25NO6SSi/c1-3-11(6-4-5-7-18(12,13)14)8-10(2)9-19(15,16)17/h10,15-17H,3-9H2,1-2H3,(H,12,13,14). The van der Waals surface area contributed by atoms with Gasteiger partial charge in [-0.15, -0.1) is 0 Å². The van der Waals surface area contributed by atoms with E-state index in [2.05, 4.69) is 4.90 Å². The van der Waals surface area contributed by atoms with E-state index < -0.39 is 18.9 Å². The summed E-state index contributed by atoms with van der Waals surface area (Å²) in [5, 5.41) is 0. The average molecular weight is 315 g/mol. The first-order valence-electron chi connectivity index (χ1n) is 6.38. The molecule has 7 nitrogen and oxygen atoms in total. The van der Waals surface area contributed by atoms with Gasteiger partial charge in [0, 0.05) is 12.6 Å². The van der Waals surface area contributed by atoms with Gasteiger partial charge in [0.2, 0.25) is 0 Å². The van der Waals surface area contributed by atoms with E-state index in [1.165, 1.54) is 0 Å². The van der Waals surface area contributed by atoms with Crippen LogP contribution in [0.3, 0.4) is 0 Å². The fourth-order valence-electron chi connectivity index (χ4n) is 1.97. The van der Waals surface area contributed by atoms with Crippen molar-refractivity contribution >= 4 is 18.9 Å². The molecule has 0 aliphatic heterocycles. The Kier molecular flexibility index (Phi) is 8.28. The van der Waals surface area contributed by atoms with Crippen LogP contribution in [0.5, 0.6) is 0 Å². The molecule has 1 atom stereocenters. The highest BCUT2D eigenvalue weighted by Gasteiger charge is 2.29. The molecule has 0 saturated carbocycles. The second kappa shape index (κ2) is 8.30. The summed E-state index contributed by atoms with van der Waals surface area (Å²) in [7, 11) is -7.89. The number of nitrogens with zero attached hydrogens (tertiary/aromatic N) is 1. The highest BCUT2D eigenvalue weighted by molar-refractivity contribution is 7.85. The Morgan fingerprint density at radius 1 is 1.21 bits per heavy atom. The van der Waals surface area contributed by atoms with Crippen LogP contribution < -0.4 is 0 Å². The maximum atomic E-state index is 10.5. The van der Waals surface area contributed by atoms with Crippen LogP contribution in [-0.4, -0.2) is 66.4 Å². The predicted octanol–water partition coefficient (Wildman–Crippen LogP) is -0.472. The van der Waals surface area contributed by atoms with Gasteiger partial charge < -0.3 is 19.3 Å². The van der Waals surface area contributed by atoms with Gasteiger partial charge in [-0.2, -0.15) is 8.42 Å². The number of hydrogen-bond donors (Lipinski definition) is 4. The first-order valence-corrected chi connectivity index (χ1v) is 10.0. The van der Waals surface area contributed by atoms with Gasteiger partial charge in [0.25, 0.3) is 10.1 Å². The van der Waals surface area contributed by atoms with Crippen LogP contribution in [0, 0.1) is 5.92 Å². The molecule has 0 aromatic carbocycles. The highest BCUT2D eigenvalue weighted by atomic mass is 32.2. The Bertz CT molecular complexity index is 342. The molecule has 0 bridgehead atoms. The van der Waals surface area contributed by atoms with Crippen molar-refractivity contribution in [2.75, 3.05) is 25.4 Å². The van der Waals surface area contributed by atoms with Gasteiger partial charge in [-0.1, -0.05) is 13.8 Å². The monoisotopic (exact) mass is 315 g/mol. The maximum absolute atomic E-state index is 10.5. The molecule has 0 aromatic rings. The minimum atomic E-state index is -4.00. The van der Waals surface area contributed by atoms with E-state index >= 15 is 0 Å². The lowest BCUT2D eigenvalue weighted by molar-refractivity contribution is 0.200. The summed E-state index contributed by atoms with van der Waals surface area (Å²) in [6.07, 6.45) is 1.03. The average Bonchev–Trinajstić information content (AvgIpc) is 2.18. The third-order valence-corrected chi connectivity index (χ3v) is 4.82. The fraction of sp³-hybridized carbons (Fsp3) is 1.00. The number of hydrogen-bond acceptors (Lipinski definition) is 6. The second-order valence-corrected chi connectivity index (χ2v) is 8.50. The third kappa shape index (κ3) is 12.7. The summed E-state index contributed by atoms with van der Waals surface area (Å²) in [6, 6.07) is -0.00544. The van der Waals surface area contributed by atoms with Crippen LogP contribution in [0.25, 0.3) is 0 Å². The molecule has 0 heterocycles. The quantitative estimate of drug-likeness (QED) is 0.244. The lowest BCUT2D eigenvalue weighted by Crippen LogP contribution is -2.39. The van der Waals surface area contributed by atoms with Crippen LogP contribution in [-0.2, 0) is 10.1 Å². The highest BCUT2D eigenvalue weighted by Crippen LogP contribution is 2.12. The summed E-state index contributed by atoms with van der Waals surface area (Å²) in [4.78, 5) is 29.1. The summed E-state index contributed by atoms with van der Waals surface area (Å²) < 4.78 is 29.7. The molecule has 0 aliphatic carbocycles. The van der Waals surface area contributed by atoms with E-state index in [1.807, 2.05) is 13.8 Å². The molecule has 0 saturated heterocycles. The van der Waals surface area contributed by atoms with Gasteiger partial charge in [0.15, 0.2) is 0 Å². The van der Waals surface area contributed by atoms with Crippen LogP contribution >= 0.6 is 0 Å². The summed E-state index contributed by atoms with van der Waals surface area (Å²) >= 11 is 0. The SMILES string of the molecule is CCN(CCCCS(=O)(=O)O)CC(C)C[Si](O)(O)O. The number of rotatable bonds is 10.